The third-order valence-electron chi connectivity index (χ3n) is 5.38. The molecular weight excluding hydrogens is 424 g/mol. The molecule has 1 N–H and O–H groups in total. The van der Waals surface area contributed by atoms with Crippen molar-refractivity contribution in [2.75, 3.05) is 25.0 Å². The van der Waals surface area contributed by atoms with E-state index in [9.17, 15) is 13.2 Å². The fourth-order valence-corrected chi connectivity index (χ4v) is 5.56. The summed E-state index contributed by atoms with van der Waals surface area (Å²) in [6.45, 7) is 6.60. The second-order valence-electron chi connectivity index (χ2n) is 7.46. The maximum Gasteiger partial charge on any atom is 0.246 e. The van der Waals surface area contributed by atoms with Crippen molar-refractivity contribution in [1.82, 2.24) is 4.31 Å². The highest BCUT2D eigenvalue weighted by atomic mass is 35.5. The van der Waals surface area contributed by atoms with Crippen LogP contribution in [0.2, 0.25) is 5.02 Å². The van der Waals surface area contributed by atoms with Crippen LogP contribution in [0.15, 0.2) is 41.3 Å². The second kappa shape index (κ2) is 9.37. The summed E-state index contributed by atoms with van der Waals surface area (Å²) < 4.78 is 33.3. The van der Waals surface area contributed by atoms with E-state index in [0.29, 0.717) is 24.5 Å². The van der Waals surface area contributed by atoms with E-state index in [4.69, 9.17) is 16.3 Å². The van der Waals surface area contributed by atoms with Crippen LogP contribution in [0.25, 0.3) is 0 Å². The van der Waals surface area contributed by atoms with Crippen LogP contribution in [0, 0.1) is 19.8 Å². The highest BCUT2D eigenvalue weighted by Crippen LogP contribution is 2.32. The summed E-state index contributed by atoms with van der Waals surface area (Å²) in [6, 6.07) is 10.5. The predicted molar refractivity (Wildman–Crippen MR) is 119 cm³/mol. The number of carbonyl (C=O) groups excluding carboxylic acids is 1. The number of benzene rings is 2. The van der Waals surface area contributed by atoms with Crippen LogP contribution in [0.5, 0.6) is 5.75 Å². The predicted octanol–water partition coefficient (Wildman–Crippen LogP) is 4.39. The smallest absolute Gasteiger partial charge is 0.246 e. The zero-order valence-electron chi connectivity index (χ0n) is 17.4. The number of aryl methyl sites for hydroxylation is 2. The molecule has 0 atom stereocenters. The van der Waals surface area contributed by atoms with Gasteiger partial charge in [0.2, 0.25) is 15.9 Å². The van der Waals surface area contributed by atoms with Crippen LogP contribution < -0.4 is 10.1 Å². The molecule has 1 heterocycles. The van der Waals surface area contributed by atoms with Crippen LogP contribution in [0.4, 0.5) is 5.69 Å². The van der Waals surface area contributed by atoms with Gasteiger partial charge in [0.05, 0.1) is 6.61 Å². The number of sulfonamides is 1. The topological polar surface area (TPSA) is 75.7 Å². The summed E-state index contributed by atoms with van der Waals surface area (Å²) in [7, 11) is -3.77. The first kappa shape index (κ1) is 22.6. The van der Waals surface area contributed by atoms with Crippen molar-refractivity contribution in [2.45, 2.75) is 38.5 Å². The summed E-state index contributed by atoms with van der Waals surface area (Å²) in [5.74, 6) is -0.0137. The van der Waals surface area contributed by atoms with E-state index >= 15 is 0 Å². The highest BCUT2D eigenvalue weighted by molar-refractivity contribution is 7.89. The molecule has 0 unspecified atom stereocenters. The van der Waals surface area contributed by atoms with Crippen molar-refractivity contribution >= 4 is 33.2 Å². The molecule has 0 spiro atoms. The number of para-hydroxylation sites is 1. The largest absolute Gasteiger partial charge is 0.492 e. The lowest BCUT2D eigenvalue weighted by Crippen LogP contribution is -2.41. The van der Waals surface area contributed by atoms with Gasteiger partial charge in [0.1, 0.15) is 10.6 Å². The van der Waals surface area contributed by atoms with Crippen LogP contribution in [-0.4, -0.2) is 38.3 Å². The number of hydrogen-bond donors (Lipinski definition) is 1. The van der Waals surface area contributed by atoms with Gasteiger partial charge >= 0.3 is 0 Å². The molecule has 1 fully saturated rings. The third-order valence-corrected chi connectivity index (χ3v) is 7.53. The van der Waals surface area contributed by atoms with Gasteiger partial charge in [0.15, 0.2) is 0 Å². The lowest BCUT2D eigenvalue weighted by Gasteiger charge is -2.31. The van der Waals surface area contributed by atoms with Gasteiger partial charge in [0, 0.05) is 29.7 Å². The van der Waals surface area contributed by atoms with Gasteiger partial charge in [-0.2, -0.15) is 4.31 Å². The van der Waals surface area contributed by atoms with E-state index in [1.54, 1.807) is 19.1 Å². The van der Waals surface area contributed by atoms with Crippen molar-refractivity contribution in [2.24, 2.45) is 5.92 Å². The first-order chi connectivity index (χ1) is 14.2. The minimum absolute atomic E-state index is 0.0651. The molecule has 2 aromatic carbocycles. The van der Waals surface area contributed by atoms with E-state index in [2.05, 4.69) is 5.32 Å². The molecule has 1 aliphatic rings. The number of halogens is 1. The zero-order valence-corrected chi connectivity index (χ0v) is 19.0. The van der Waals surface area contributed by atoms with E-state index < -0.39 is 10.0 Å². The van der Waals surface area contributed by atoms with Crippen molar-refractivity contribution in [1.29, 1.82) is 0 Å². The Labute approximate surface area is 183 Å². The molecule has 0 radical (unpaired) electrons. The summed E-state index contributed by atoms with van der Waals surface area (Å²) in [4.78, 5) is 12.8. The first-order valence-corrected chi connectivity index (χ1v) is 11.9. The maximum atomic E-state index is 13.2. The number of ether oxygens (including phenoxy) is 1. The Kier molecular flexibility index (Phi) is 7.06. The van der Waals surface area contributed by atoms with E-state index in [1.807, 2.05) is 32.0 Å². The fraction of sp³-hybridized carbons (Fsp3) is 0.409. The molecule has 3 rings (SSSR count). The Morgan fingerprint density at radius 3 is 2.40 bits per heavy atom. The molecule has 0 aromatic heterocycles. The molecule has 1 saturated heterocycles. The van der Waals surface area contributed by atoms with Gasteiger partial charge in [-0.05, 0) is 62.9 Å². The number of amides is 1. The molecule has 8 heteroatoms. The molecule has 30 heavy (non-hydrogen) atoms. The van der Waals surface area contributed by atoms with Crippen LogP contribution in [-0.2, 0) is 14.8 Å². The van der Waals surface area contributed by atoms with Gasteiger partial charge in [-0.1, -0.05) is 29.8 Å². The Hall–Kier alpha value is -2.09. The second-order valence-corrected chi connectivity index (χ2v) is 9.80. The normalized spacial score (nSPS) is 15.7. The Morgan fingerprint density at radius 2 is 1.80 bits per heavy atom. The number of nitrogens with zero attached hydrogens (tertiary/aromatic N) is 1. The molecule has 1 amide bonds. The monoisotopic (exact) mass is 450 g/mol. The summed E-state index contributed by atoms with van der Waals surface area (Å²) in [5.41, 5.74) is 2.85. The Morgan fingerprint density at radius 1 is 1.17 bits per heavy atom. The average Bonchev–Trinajstić information content (AvgIpc) is 2.72. The van der Waals surface area contributed by atoms with E-state index in [0.717, 1.165) is 16.8 Å². The average molecular weight is 451 g/mol. The van der Waals surface area contributed by atoms with Gasteiger partial charge in [-0.3, -0.25) is 4.79 Å². The van der Waals surface area contributed by atoms with Crippen molar-refractivity contribution in [3.63, 3.8) is 0 Å². The van der Waals surface area contributed by atoms with Gasteiger partial charge in [-0.15, -0.1) is 0 Å². The molecule has 0 saturated carbocycles. The molecule has 6 nitrogen and oxygen atoms in total. The summed E-state index contributed by atoms with van der Waals surface area (Å²) in [5, 5.41) is 3.36. The number of carbonyl (C=O) groups is 1. The minimum atomic E-state index is -3.77. The highest BCUT2D eigenvalue weighted by Gasteiger charge is 2.34. The molecule has 162 valence electrons. The number of anilines is 1. The molecule has 1 aliphatic heterocycles. The SMILES string of the molecule is CCOc1ccc(Cl)cc1S(=O)(=O)N1CCC(C(=O)Nc2c(C)cccc2C)CC1. The maximum absolute atomic E-state index is 13.2. The number of rotatable bonds is 6. The van der Waals surface area contributed by atoms with Crippen LogP contribution in [0.3, 0.4) is 0 Å². The van der Waals surface area contributed by atoms with Crippen molar-refractivity contribution < 1.29 is 17.9 Å². The lowest BCUT2D eigenvalue weighted by atomic mass is 9.96. The van der Waals surface area contributed by atoms with Gasteiger partial charge in [0.25, 0.3) is 0 Å². The Balaban J connectivity index is 1.71. The van der Waals surface area contributed by atoms with Crippen LogP contribution in [0.1, 0.15) is 30.9 Å². The molecule has 0 bridgehead atoms. The van der Waals surface area contributed by atoms with Crippen molar-refractivity contribution in [3.05, 3.63) is 52.5 Å². The quantitative estimate of drug-likeness (QED) is 0.707. The van der Waals surface area contributed by atoms with Gasteiger partial charge in [-0.25, -0.2) is 8.42 Å². The molecule has 0 aliphatic carbocycles. The standard InChI is InChI=1S/C22H27ClN2O4S/c1-4-29-19-9-8-18(23)14-20(19)30(27,28)25-12-10-17(11-13-25)22(26)24-21-15(2)6-5-7-16(21)3/h5-9,14,17H,4,10-13H2,1-3H3,(H,24,26). The van der Waals surface area contributed by atoms with E-state index in [1.165, 1.54) is 10.4 Å². The summed E-state index contributed by atoms with van der Waals surface area (Å²) in [6.07, 6.45) is 0.918. The van der Waals surface area contributed by atoms with Crippen LogP contribution >= 0.6 is 11.6 Å². The van der Waals surface area contributed by atoms with Crippen molar-refractivity contribution in [3.8, 4) is 5.75 Å². The lowest BCUT2D eigenvalue weighted by molar-refractivity contribution is -0.120. The molecular formula is C22H27ClN2O4S. The molecule has 2 aromatic rings. The first-order valence-electron chi connectivity index (χ1n) is 10.0. The van der Waals surface area contributed by atoms with E-state index in [-0.39, 0.29) is 35.6 Å². The fourth-order valence-electron chi connectivity index (χ4n) is 3.69. The zero-order chi connectivity index (χ0) is 21.9. The number of hydrogen-bond acceptors (Lipinski definition) is 4. The van der Waals surface area contributed by atoms with Gasteiger partial charge < -0.3 is 10.1 Å². The summed E-state index contributed by atoms with van der Waals surface area (Å²) >= 11 is 6.04. The third kappa shape index (κ3) is 4.79. The Bertz CT molecular complexity index is 1010. The number of piperidine rings is 1. The number of nitrogens with one attached hydrogen (secondary N) is 1. The minimum Gasteiger partial charge on any atom is -0.492 e.